The Bertz CT molecular complexity index is 538. The zero-order valence-electron chi connectivity index (χ0n) is 13.4. The molecule has 0 unspecified atom stereocenters. The minimum Gasteiger partial charge on any atom is -0.481 e. The Labute approximate surface area is 141 Å². The average molecular weight is 335 g/mol. The number of rotatable bonds is 8. The van der Waals surface area contributed by atoms with Gasteiger partial charge in [-0.15, -0.1) is 11.3 Å². The molecule has 0 radical (unpaired) electrons. The van der Waals surface area contributed by atoms with Crippen LogP contribution in [0.15, 0.2) is 17.5 Å². The Hall–Kier alpha value is -1.36. The number of thiophene rings is 1. The first-order valence-electron chi connectivity index (χ1n) is 8.68. The molecule has 0 spiro atoms. The van der Waals surface area contributed by atoms with Crippen molar-refractivity contribution in [2.24, 2.45) is 17.8 Å². The molecule has 2 fully saturated rings. The van der Waals surface area contributed by atoms with Crippen LogP contribution in [0.5, 0.6) is 0 Å². The number of hydrogen-bond donors (Lipinski definition) is 1. The van der Waals surface area contributed by atoms with Crippen molar-refractivity contribution in [1.82, 2.24) is 4.90 Å². The standard InChI is InChI=1S/C18H25NO3S/c20-17(7-3-1-2-5-14-6-4-10-23-14)19-11-15(13-8-9-13)16(12-19)18(21)22/h4,6,10,13,15-16H,1-3,5,7-9,11-12H2,(H,21,22)/t15-,16+/m1/s1. The molecule has 4 nitrogen and oxygen atoms in total. The molecule has 1 saturated carbocycles. The molecule has 1 amide bonds. The molecule has 23 heavy (non-hydrogen) atoms. The lowest BCUT2D eigenvalue weighted by Crippen LogP contribution is -2.29. The van der Waals surface area contributed by atoms with Gasteiger partial charge in [-0.05, 0) is 55.4 Å². The Morgan fingerprint density at radius 2 is 2.04 bits per heavy atom. The van der Waals surface area contributed by atoms with Gasteiger partial charge < -0.3 is 10.0 Å². The molecule has 3 rings (SSSR count). The SMILES string of the molecule is O=C(O)[C@H]1CN(C(=O)CCCCCc2cccs2)C[C@@H]1C1CC1. The highest BCUT2D eigenvalue weighted by Crippen LogP contribution is 2.44. The van der Waals surface area contributed by atoms with Crippen molar-refractivity contribution in [2.45, 2.75) is 44.9 Å². The number of aliphatic carboxylic acids is 1. The van der Waals surface area contributed by atoms with Crippen molar-refractivity contribution in [3.8, 4) is 0 Å². The van der Waals surface area contributed by atoms with Crippen molar-refractivity contribution in [2.75, 3.05) is 13.1 Å². The van der Waals surface area contributed by atoms with Gasteiger partial charge in [0.1, 0.15) is 0 Å². The summed E-state index contributed by atoms with van der Waals surface area (Å²) in [6.45, 7) is 1.08. The summed E-state index contributed by atoms with van der Waals surface area (Å²) in [6.07, 6.45) is 7.03. The molecule has 1 aromatic rings. The first-order chi connectivity index (χ1) is 11.1. The van der Waals surface area contributed by atoms with Gasteiger partial charge in [-0.3, -0.25) is 9.59 Å². The largest absolute Gasteiger partial charge is 0.481 e. The minimum atomic E-state index is -0.729. The van der Waals surface area contributed by atoms with Crippen LogP contribution in [0.4, 0.5) is 0 Å². The lowest BCUT2D eigenvalue weighted by atomic mass is 9.92. The predicted molar refractivity (Wildman–Crippen MR) is 90.4 cm³/mol. The second-order valence-corrected chi connectivity index (χ2v) is 7.92. The summed E-state index contributed by atoms with van der Waals surface area (Å²) >= 11 is 1.79. The molecule has 0 aromatic carbocycles. The zero-order valence-corrected chi connectivity index (χ0v) is 14.3. The van der Waals surface area contributed by atoms with E-state index in [1.807, 2.05) is 0 Å². The van der Waals surface area contributed by atoms with E-state index in [0.29, 0.717) is 25.4 Å². The van der Waals surface area contributed by atoms with E-state index in [1.54, 1.807) is 16.2 Å². The Balaban J connectivity index is 1.37. The van der Waals surface area contributed by atoms with Gasteiger partial charge >= 0.3 is 5.97 Å². The Kier molecular flexibility index (Phi) is 5.36. The van der Waals surface area contributed by atoms with Crippen molar-refractivity contribution < 1.29 is 14.7 Å². The van der Waals surface area contributed by atoms with Crippen LogP contribution in [-0.4, -0.2) is 35.0 Å². The summed E-state index contributed by atoms with van der Waals surface area (Å²) in [5.41, 5.74) is 0. The summed E-state index contributed by atoms with van der Waals surface area (Å²) in [7, 11) is 0. The van der Waals surface area contributed by atoms with Gasteiger partial charge in [0.05, 0.1) is 5.92 Å². The van der Waals surface area contributed by atoms with Crippen LogP contribution in [0.1, 0.15) is 43.4 Å². The maximum absolute atomic E-state index is 12.3. The summed E-state index contributed by atoms with van der Waals surface area (Å²) in [5, 5.41) is 11.5. The lowest BCUT2D eigenvalue weighted by molar-refractivity contribution is -0.142. The molecule has 2 heterocycles. The third-order valence-electron chi connectivity index (χ3n) is 5.16. The van der Waals surface area contributed by atoms with Crippen LogP contribution < -0.4 is 0 Å². The highest BCUT2D eigenvalue weighted by Gasteiger charge is 2.46. The number of hydrogen-bond acceptors (Lipinski definition) is 3. The second kappa shape index (κ2) is 7.47. The quantitative estimate of drug-likeness (QED) is 0.741. The summed E-state index contributed by atoms with van der Waals surface area (Å²) in [6, 6.07) is 4.23. The maximum Gasteiger partial charge on any atom is 0.308 e. The molecular formula is C18H25NO3S. The monoisotopic (exact) mass is 335 g/mol. The number of amides is 1. The van der Waals surface area contributed by atoms with Crippen LogP contribution >= 0.6 is 11.3 Å². The van der Waals surface area contributed by atoms with Crippen molar-refractivity contribution in [3.05, 3.63) is 22.4 Å². The van der Waals surface area contributed by atoms with E-state index in [4.69, 9.17) is 0 Å². The molecule has 1 N–H and O–H groups in total. The number of carbonyl (C=O) groups excluding carboxylic acids is 1. The smallest absolute Gasteiger partial charge is 0.308 e. The molecule has 2 atom stereocenters. The molecule has 126 valence electrons. The number of nitrogens with zero attached hydrogens (tertiary/aromatic N) is 1. The van der Waals surface area contributed by atoms with Gasteiger partial charge in [0, 0.05) is 24.4 Å². The normalized spacial score (nSPS) is 24.1. The fourth-order valence-corrected chi connectivity index (χ4v) is 4.41. The molecule has 1 aromatic heterocycles. The highest BCUT2D eigenvalue weighted by atomic mass is 32.1. The van der Waals surface area contributed by atoms with E-state index in [-0.39, 0.29) is 17.7 Å². The topological polar surface area (TPSA) is 57.6 Å². The molecule has 2 aliphatic rings. The number of carboxylic acid groups (broad SMARTS) is 1. The Morgan fingerprint density at radius 1 is 1.22 bits per heavy atom. The maximum atomic E-state index is 12.3. The fraction of sp³-hybridized carbons (Fsp3) is 0.667. The minimum absolute atomic E-state index is 0.149. The van der Waals surface area contributed by atoms with Gasteiger partial charge in [-0.2, -0.15) is 0 Å². The molecule has 5 heteroatoms. The van der Waals surface area contributed by atoms with Gasteiger partial charge in [-0.25, -0.2) is 0 Å². The molecular weight excluding hydrogens is 310 g/mol. The van der Waals surface area contributed by atoms with Crippen LogP contribution in [0.2, 0.25) is 0 Å². The summed E-state index contributed by atoms with van der Waals surface area (Å²) < 4.78 is 0. The van der Waals surface area contributed by atoms with Crippen LogP contribution in [0.25, 0.3) is 0 Å². The van der Waals surface area contributed by atoms with E-state index in [9.17, 15) is 14.7 Å². The lowest BCUT2D eigenvalue weighted by Gasteiger charge is -2.16. The summed E-state index contributed by atoms with van der Waals surface area (Å²) in [5.74, 6) is -0.191. The van der Waals surface area contributed by atoms with Gasteiger partial charge in [0.15, 0.2) is 0 Å². The predicted octanol–water partition coefficient (Wildman–Crippen LogP) is 3.42. The molecule has 1 aliphatic heterocycles. The van der Waals surface area contributed by atoms with E-state index in [0.717, 1.165) is 38.5 Å². The van der Waals surface area contributed by atoms with Crippen LogP contribution in [0, 0.1) is 17.8 Å². The van der Waals surface area contributed by atoms with Gasteiger partial charge in [-0.1, -0.05) is 12.5 Å². The van der Waals surface area contributed by atoms with E-state index in [1.165, 1.54) is 4.88 Å². The van der Waals surface area contributed by atoms with Crippen LogP contribution in [0.3, 0.4) is 0 Å². The van der Waals surface area contributed by atoms with Crippen molar-refractivity contribution in [3.63, 3.8) is 0 Å². The zero-order chi connectivity index (χ0) is 16.2. The fourth-order valence-electron chi connectivity index (χ4n) is 3.66. The third kappa shape index (κ3) is 4.34. The second-order valence-electron chi connectivity index (χ2n) is 6.88. The number of carbonyl (C=O) groups is 2. The first-order valence-corrected chi connectivity index (χ1v) is 9.56. The number of aryl methyl sites for hydroxylation is 1. The average Bonchev–Trinajstić information content (AvgIpc) is 3.07. The van der Waals surface area contributed by atoms with Crippen molar-refractivity contribution in [1.29, 1.82) is 0 Å². The van der Waals surface area contributed by atoms with Gasteiger partial charge in [0.2, 0.25) is 5.91 Å². The van der Waals surface area contributed by atoms with E-state index in [2.05, 4.69) is 17.5 Å². The number of likely N-dealkylation sites (tertiary alicyclic amines) is 1. The molecule has 0 bridgehead atoms. The van der Waals surface area contributed by atoms with E-state index < -0.39 is 5.97 Å². The van der Waals surface area contributed by atoms with Crippen molar-refractivity contribution >= 4 is 23.2 Å². The molecule has 1 aliphatic carbocycles. The number of unbranched alkanes of at least 4 members (excludes halogenated alkanes) is 2. The third-order valence-corrected chi connectivity index (χ3v) is 6.09. The highest BCUT2D eigenvalue weighted by molar-refractivity contribution is 7.09. The molecule has 1 saturated heterocycles. The van der Waals surface area contributed by atoms with Crippen LogP contribution in [-0.2, 0) is 16.0 Å². The summed E-state index contributed by atoms with van der Waals surface area (Å²) in [4.78, 5) is 26.9. The first kappa shape index (κ1) is 16.5. The van der Waals surface area contributed by atoms with Gasteiger partial charge in [0.25, 0.3) is 0 Å². The Morgan fingerprint density at radius 3 is 2.70 bits per heavy atom. The van der Waals surface area contributed by atoms with E-state index >= 15 is 0 Å². The number of carboxylic acids is 1.